The average molecular weight is 419 g/mol. The zero-order valence-electron chi connectivity index (χ0n) is 16.2. The molecule has 0 saturated carbocycles. The number of carbonyl (C=O) groups is 1. The molecular formula is C20H20F3N5O2. The van der Waals surface area contributed by atoms with Gasteiger partial charge in [-0.2, -0.15) is 13.2 Å². The Kier molecular flexibility index (Phi) is 5.31. The number of rotatable bonds is 4. The zero-order valence-corrected chi connectivity index (χ0v) is 16.2. The number of halogens is 3. The van der Waals surface area contributed by atoms with Crippen LogP contribution in [0.25, 0.3) is 0 Å². The summed E-state index contributed by atoms with van der Waals surface area (Å²) in [5.41, 5.74) is -0.654. The summed E-state index contributed by atoms with van der Waals surface area (Å²) in [7, 11) is 0. The van der Waals surface area contributed by atoms with Gasteiger partial charge in [0.2, 0.25) is 5.95 Å². The lowest BCUT2D eigenvalue weighted by atomic mass is 9.82. The van der Waals surface area contributed by atoms with Gasteiger partial charge in [0.05, 0.1) is 17.9 Å². The molecule has 2 aromatic rings. The van der Waals surface area contributed by atoms with Gasteiger partial charge in [-0.05, 0) is 25.5 Å². The molecule has 1 amide bonds. The van der Waals surface area contributed by atoms with Crippen molar-refractivity contribution >= 4 is 11.9 Å². The minimum absolute atomic E-state index is 0.0388. The van der Waals surface area contributed by atoms with Crippen molar-refractivity contribution in [3.05, 3.63) is 54.3 Å². The maximum absolute atomic E-state index is 13.0. The summed E-state index contributed by atoms with van der Waals surface area (Å²) in [5, 5.41) is 0. The number of pyridine rings is 1. The van der Waals surface area contributed by atoms with Gasteiger partial charge in [0, 0.05) is 44.1 Å². The van der Waals surface area contributed by atoms with E-state index >= 15 is 0 Å². The minimum atomic E-state index is -4.47. The Balaban J connectivity index is 1.48. The van der Waals surface area contributed by atoms with E-state index in [1.54, 1.807) is 30.0 Å². The molecule has 0 aliphatic carbocycles. The highest BCUT2D eigenvalue weighted by atomic mass is 19.4. The highest BCUT2D eigenvalue weighted by Gasteiger charge is 2.45. The average Bonchev–Trinajstić information content (AvgIpc) is 2.72. The summed E-state index contributed by atoms with van der Waals surface area (Å²) in [6.07, 6.45) is 2.64. The van der Waals surface area contributed by atoms with E-state index in [1.165, 1.54) is 12.5 Å². The molecule has 0 bridgehead atoms. The molecule has 158 valence electrons. The predicted octanol–water partition coefficient (Wildman–Crippen LogP) is 3.15. The lowest BCUT2D eigenvalue weighted by Gasteiger charge is -2.53. The highest BCUT2D eigenvalue weighted by molar-refractivity contribution is 5.95. The van der Waals surface area contributed by atoms with Crippen LogP contribution >= 0.6 is 0 Å². The van der Waals surface area contributed by atoms with Gasteiger partial charge in [0.15, 0.2) is 11.4 Å². The van der Waals surface area contributed by atoms with Gasteiger partial charge in [-0.15, -0.1) is 0 Å². The fraction of sp³-hybridized carbons (Fsp3) is 0.400. The van der Waals surface area contributed by atoms with Crippen molar-refractivity contribution in [1.82, 2.24) is 19.9 Å². The van der Waals surface area contributed by atoms with Crippen LogP contribution in [0, 0.1) is 5.92 Å². The first kappa shape index (κ1) is 20.1. The van der Waals surface area contributed by atoms with E-state index in [-0.39, 0.29) is 23.6 Å². The van der Waals surface area contributed by atoms with E-state index < -0.39 is 11.7 Å². The summed E-state index contributed by atoms with van der Waals surface area (Å²) >= 11 is 0. The fourth-order valence-corrected chi connectivity index (χ4v) is 3.76. The molecule has 0 N–H and O–H groups in total. The van der Waals surface area contributed by atoms with E-state index in [4.69, 9.17) is 4.74 Å². The first-order chi connectivity index (χ1) is 14.4. The molecule has 7 nitrogen and oxygen atoms in total. The summed E-state index contributed by atoms with van der Waals surface area (Å²) < 4.78 is 43.7. The maximum atomic E-state index is 13.0. The van der Waals surface area contributed by atoms with Crippen LogP contribution in [0.3, 0.4) is 0 Å². The first-order valence-corrected chi connectivity index (χ1v) is 9.56. The highest BCUT2D eigenvalue weighted by Crippen LogP contribution is 2.36. The number of amides is 1. The van der Waals surface area contributed by atoms with Crippen molar-refractivity contribution in [2.24, 2.45) is 5.92 Å². The van der Waals surface area contributed by atoms with Gasteiger partial charge in [0.25, 0.3) is 5.91 Å². The number of carbonyl (C=O) groups excluding carboxylic acids is 1. The van der Waals surface area contributed by atoms with Gasteiger partial charge >= 0.3 is 6.18 Å². The summed E-state index contributed by atoms with van der Waals surface area (Å²) in [4.78, 5) is 28.5. The third-order valence-electron chi connectivity index (χ3n) is 5.37. The topological polar surface area (TPSA) is 71.5 Å². The molecule has 4 heterocycles. The van der Waals surface area contributed by atoms with Crippen LogP contribution in [-0.4, -0.2) is 51.4 Å². The van der Waals surface area contributed by atoms with Crippen LogP contribution in [0.4, 0.5) is 19.1 Å². The van der Waals surface area contributed by atoms with Crippen LogP contribution in [0.15, 0.2) is 43.1 Å². The quantitative estimate of drug-likeness (QED) is 0.709. The second kappa shape index (κ2) is 7.92. The van der Waals surface area contributed by atoms with Crippen molar-refractivity contribution in [2.75, 3.05) is 24.5 Å². The Morgan fingerprint density at radius 2 is 2.00 bits per heavy atom. The molecule has 2 atom stereocenters. The first-order valence-electron chi connectivity index (χ1n) is 9.56. The Hall–Kier alpha value is -3.17. The lowest BCUT2D eigenvalue weighted by molar-refractivity contribution is -0.138. The Morgan fingerprint density at radius 1 is 1.23 bits per heavy atom. The minimum Gasteiger partial charge on any atom is -0.463 e. The smallest absolute Gasteiger partial charge is 0.419 e. The largest absolute Gasteiger partial charge is 0.463 e. The summed E-state index contributed by atoms with van der Waals surface area (Å²) in [5.74, 6) is 0.726. The Labute approximate surface area is 171 Å². The van der Waals surface area contributed by atoms with Gasteiger partial charge in [0.1, 0.15) is 0 Å². The molecule has 2 aliphatic heterocycles. The van der Waals surface area contributed by atoms with Crippen molar-refractivity contribution in [1.29, 1.82) is 0 Å². The number of alkyl halides is 3. The SMILES string of the molecule is C/C=C/Oc1cccnc1C(=O)N1CC[C@H]2CN(c3ncc(C(F)(F)F)cn3)[C@H]2C1. The number of aromatic nitrogens is 3. The molecule has 0 unspecified atom stereocenters. The molecule has 30 heavy (non-hydrogen) atoms. The molecule has 2 aromatic heterocycles. The van der Waals surface area contributed by atoms with Gasteiger partial charge in [-0.25, -0.2) is 15.0 Å². The van der Waals surface area contributed by atoms with Crippen molar-refractivity contribution < 1.29 is 22.7 Å². The summed E-state index contributed by atoms with van der Waals surface area (Å²) in [6, 6.07) is 3.33. The molecule has 0 aromatic carbocycles. The second-order valence-electron chi connectivity index (χ2n) is 7.23. The van der Waals surface area contributed by atoms with E-state index in [1.807, 2.05) is 4.90 Å². The Bertz CT molecular complexity index is 948. The molecule has 10 heteroatoms. The number of ether oxygens (including phenoxy) is 1. The van der Waals surface area contributed by atoms with Crippen LogP contribution in [0.5, 0.6) is 5.75 Å². The molecule has 2 fully saturated rings. The predicted molar refractivity (Wildman–Crippen MR) is 102 cm³/mol. The second-order valence-corrected chi connectivity index (χ2v) is 7.23. The number of fused-ring (bicyclic) bond motifs is 1. The van der Waals surface area contributed by atoms with Crippen molar-refractivity contribution in [3.63, 3.8) is 0 Å². The van der Waals surface area contributed by atoms with Gasteiger partial charge in [-0.1, -0.05) is 6.08 Å². The van der Waals surface area contributed by atoms with Gasteiger partial charge in [-0.3, -0.25) is 4.79 Å². The Morgan fingerprint density at radius 3 is 2.70 bits per heavy atom. The van der Waals surface area contributed by atoms with Crippen LogP contribution in [0.1, 0.15) is 29.4 Å². The normalized spacial score (nSPS) is 21.3. The number of hydrogen-bond donors (Lipinski definition) is 0. The maximum Gasteiger partial charge on any atom is 0.419 e. The van der Waals surface area contributed by atoms with Crippen LogP contribution < -0.4 is 9.64 Å². The summed E-state index contributed by atoms with van der Waals surface area (Å²) in [6.45, 7) is 3.48. The van der Waals surface area contributed by atoms with Crippen molar-refractivity contribution in [3.8, 4) is 5.75 Å². The van der Waals surface area contributed by atoms with Crippen LogP contribution in [0.2, 0.25) is 0 Å². The molecule has 4 rings (SSSR count). The lowest BCUT2D eigenvalue weighted by Crippen LogP contribution is -2.65. The number of anilines is 1. The third kappa shape index (κ3) is 3.81. The third-order valence-corrected chi connectivity index (χ3v) is 5.37. The molecular weight excluding hydrogens is 399 g/mol. The monoisotopic (exact) mass is 419 g/mol. The van der Waals surface area contributed by atoms with Crippen LogP contribution in [-0.2, 0) is 6.18 Å². The number of piperidine rings is 1. The molecule has 2 saturated heterocycles. The van der Waals surface area contributed by atoms with E-state index in [2.05, 4.69) is 15.0 Å². The molecule has 0 radical (unpaired) electrons. The standard InChI is InChI=1S/C20H20F3N5O2/c1-2-8-30-16-4-3-6-24-17(16)18(29)27-7-5-13-11-28(15(13)12-27)19-25-9-14(10-26-19)20(21,22)23/h2-4,6,8-10,13,15H,5,7,11-12H2,1H3/b8-2+/t13-,15-/m0/s1. The fourth-order valence-electron chi connectivity index (χ4n) is 3.76. The number of hydrogen-bond acceptors (Lipinski definition) is 6. The van der Waals surface area contributed by atoms with Crippen molar-refractivity contribution in [2.45, 2.75) is 25.6 Å². The number of likely N-dealkylation sites (tertiary alicyclic amines) is 1. The van der Waals surface area contributed by atoms with E-state index in [0.29, 0.717) is 31.3 Å². The molecule has 2 aliphatic rings. The van der Waals surface area contributed by atoms with E-state index in [0.717, 1.165) is 18.8 Å². The number of allylic oxidation sites excluding steroid dienone is 1. The van der Waals surface area contributed by atoms with Gasteiger partial charge < -0.3 is 14.5 Å². The number of nitrogens with zero attached hydrogens (tertiary/aromatic N) is 5. The van der Waals surface area contributed by atoms with E-state index in [9.17, 15) is 18.0 Å². The molecule has 0 spiro atoms. The zero-order chi connectivity index (χ0) is 21.3.